The zero-order valence-corrected chi connectivity index (χ0v) is 30.1. The van der Waals surface area contributed by atoms with Crippen LogP contribution in [0.5, 0.6) is 0 Å². The average Bonchev–Trinajstić information content (AvgIpc) is 3.08. The first-order valence-electron chi connectivity index (χ1n) is 16.4. The van der Waals surface area contributed by atoms with Gasteiger partial charge in [0.2, 0.25) is 21.8 Å². The molecule has 0 spiro atoms. The Labute approximate surface area is 293 Å². The fraction of sp³-hybridized carbons (Fsp3) is 0.389. The smallest absolute Gasteiger partial charge is 0.251 e. The maximum atomic E-state index is 13.8. The van der Waals surface area contributed by atoms with Crippen LogP contribution >= 0.6 is 0 Å². The predicted molar refractivity (Wildman–Crippen MR) is 192 cm³/mol. The second kappa shape index (κ2) is 18.3. The molecule has 14 heteroatoms. The van der Waals surface area contributed by atoms with Crippen molar-refractivity contribution >= 4 is 39.3 Å². The van der Waals surface area contributed by atoms with Gasteiger partial charge in [0.1, 0.15) is 11.9 Å². The normalized spacial score (nSPS) is 13.7. The molecule has 0 saturated carbocycles. The Balaban J connectivity index is 1.86. The lowest BCUT2D eigenvalue weighted by Crippen LogP contribution is -2.53. The number of nitrogens with one attached hydrogen (secondary N) is 5. The molecule has 50 heavy (non-hydrogen) atoms. The van der Waals surface area contributed by atoms with E-state index in [0.29, 0.717) is 24.9 Å². The van der Waals surface area contributed by atoms with Gasteiger partial charge in [0, 0.05) is 37.3 Å². The number of halogens is 1. The number of hydrogen-bond acceptors (Lipinski definition) is 7. The molecular formula is C36H47FN6O6S. The van der Waals surface area contributed by atoms with E-state index in [1.807, 2.05) is 30.3 Å². The zero-order valence-electron chi connectivity index (χ0n) is 29.2. The van der Waals surface area contributed by atoms with E-state index in [0.717, 1.165) is 16.1 Å². The monoisotopic (exact) mass is 710 g/mol. The molecule has 3 rings (SSSR count). The van der Waals surface area contributed by atoms with E-state index in [2.05, 4.69) is 26.6 Å². The summed E-state index contributed by atoms with van der Waals surface area (Å²) in [5.41, 5.74) is 1.74. The van der Waals surface area contributed by atoms with Crippen molar-refractivity contribution in [3.05, 3.63) is 101 Å². The number of nitrogens with zero attached hydrogens (tertiary/aromatic N) is 1. The number of sulfonamides is 1. The number of likely N-dealkylation sites (N-methyl/N-ethyl adjacent to an activating group) is 1. The molecule has 270 valence electrons. The van der Waals surface area contributed by atoms with E-state index < -0.39 is 51.8 Å². The minimum Gasteiger partial charge on any atom is -0.355 e. The van der Waals surface area contributed by atoms with Gasteiger partial charge in [-0.1, -0.05) is 49.4 Å². The lowest BCUT2D eigenvalue weighted by atomic mass is 10.0. The summed E-state index contributed by atoms with van der Waals surface area (Å²) in [4.78, 5) is 52.5. The molecule has 0 aromatic heterocycles. The fourth-order valence-corrected chi connectivity index (χ4v) is 5.55. The van der Waals surface area contributed by atoms with Gasteiger partial charge < -0.3 is 26.6 Å². The molecule has 3 aromatic carbocycles. The summed E-state index contributed by atoms with van der Waals surface area (Å²) in [7, 11) is -2.44. The van der Waals surface area contributed by atoms with Crippen LogP contribution in [-0.2, 0) is 26.0 Å². The van der Waals surface area contributed by atoms with E-state index in [1.54, 1.807) is 39.8 Å². The lowest BCUT2D eigenvalue weighted by molar-refractivity contribution is -0.129. The summed E-state index contributed by atoms with van der Waals surface area (Å²) in [5, 5.41) is 14.4. The van der Waals surface area contributed by atoms with Gasteiger partial charge in [0.05, 0.1) is 24.0 Å². The molecular weight excluding hydrogens is 663 g/mol. The molecule has 4 atom stereocenters. The highest BCUT2D eigenvalue weighted by Crippen LogP contribution is 2.22. The van der Waals surface area contributed by atoms with E-state index in [1.165, 1.54) is 37.4 Å². The minimum absolute atomic E-state index is 0.0363. The van der Waals surface area contributed by atoms with Gasteiger partial charge in [-0.2, -0.15) is 0 Å². The molecule has 0 radical (unpaired) electrons. The van der Waals surface area contributed by atoms with E-state index >= 15 is 0 Å². The minimum atomic E-state index is -3.76. The van der Waals surface area contributed by atoms with Crippen molar-refractivity contribution in [1.29, 1.82) is 0 Å². The molecule has 3 aromatic rings. The van der Waals surface area contributed by atoms with Gasteiger partial charge in [-0.15, -0.1) is 0 Å². The average molecular weight is 711 g/mol. The summed E-state index contributed by atoms with van der Waals surface area (Å²) in [5.74, 6) is -2.21. The summed E-state index contributed by atoms with van der Waals surface area (Å²) in [6.07, 6.45) is 1.81. The molecule has 0 heterocycles. The van der Waals surface area contributed by atoms with E-state index in [9.17, 15) is 32.0 Å². The maximum Gasteiger partial charge on any atom is 0.251 e. The summed E-state index contributed by atoms with van der Waals surface area (Å²) in [6, 6.07) is 16.7. The van der Waals surface area contributed by atoms with Crippen molar-refractivity contribution in [1.82, 2.24) is 26.6 Å². The molecule has 0 fully saturated rings. The van der Waals surface area contributed by atoms with Crippen molar-refractivity contribution in [3.63, 3.8) is 0 Å². The van der Waals surface area contributed by atoms with Crippen LogP contribution in [0, 0.1) is 5.82 Å². The number of amides is 4. The first-order valence-corrected chi connectivity index (χ1v) is 18.3. The van der Waals surface area contributed by atoms with Crippen LogP contribution in [0.2, 0.25) is 0 Å². The Bertz CT molecular complexity index is 1740. The topological polar surface area (TPSA) is 166 Å². The first-order chi connectivity index (χ1) is 23.6. The Kier molecular flexibility index (Phi) is 14.5. The van der Waals surface area contributed by atoms with Crippen LogP contribution < -0.4 is 30.9 Å². The Morgan fingerprint density at radius 1 is 0.820 bits per heavy atom. The van der Waals surface area contributed by atoms with Crippen LogP contribution in [0.4, 0.5) is 10.1 Å². The van der Waals surface area contributed by atoms with E-state index in [4.69, 9.17) is 0 Å². The Hall–Kier alpha value is -4.82. The van der Waals surface area contributed by atoms with Crippen LogP contribution in [-0.4, -0.2) is 76.6 Å². The maximum absolute atomic E-state index is 13.8. The molecule has 0 aliphatic heterocycles. The highest BCUT2D eigenvalue weighted by molar-refractivity contribution is 7.92. The van der Waals surface area contributed by atoms with Crippen molar-refractivity contribution in [2.45, 2.75) is 64.7 Å². The van der Waals surface area contributed by atoms with Crippen molar-refractivity contribution in [3.8, 4) is 0 Å². The van der Waals surface area contributed by atoms with Crippen LogP contribution in [0.15, 0.2) is 72.8 Å². The number of benzene rings is 3. The van der Waals surface area contributed by atoms with Gasteiger partial charge in [-0.3, -0.25) is 23.5 Å². The second-order valence-electron chi connectivity index (χ2n) is 12.1. The third-order valence-corrected chi connectivity index (χ3v) is 9.34. The molecule has 0 aliphatic carbocycles. The predicted octanol–water partition coefficient (Wildman–Crippen LogP) is 3.06. The number of carbonyl (C=O) groups is 4. The Morgan fingerprint density at radius 2 is 1.42 bits per heavy atom. The molecule has 0 aliphatic rings. The Morgan fingerprint density at radius 3 is 1.98 bits per heavy atom. The highest BCUT2D eigenvalue weighted by atomic mass is 32.2. The van der Waals surface area contributed by atoms with Gasteiger partial charge in [0.15, 0.2) is 0 Å². The number of anilines is 1. The third kappa shape index (κ3) is 11.7. The third-order valence-electron chi connectivity index (χ3n) is 8.14. The standard InChI is InChI=1S/C36H47FN6O6S/c1-7-32(36(47)38-8-2)42-33(44)24(4)39-22-30(18-25-12-10-9-11-13-25)41-35(46)28-19-27(20-31(21-28)43(5)50(6,48)49)34(45)40-23(3)26-14-16-29(37)17-15-26/h9-17,19-21,23-24,30,32,39H,7-8,18,22H2,1-6H3,(H,38,47)(H,40,45)(H,41,46)(H,42,44)/t23-,24+,30+,32+/m1/s1. The van der Waals surface area contributed by atoms with Crippen LogP contribution in [0.3, 0.4) is 0 Å². The van der Waals surface area contributed by atoms with Gasteiger partial charge in [-0.25, -0.2) is 12.8 Å². The summed E-state index contributed by atoms with van der Waals surface area (Å²) in [6.45, 7) is 7.57. The van der Waals surface area contributed by atoms with Crippen molar-refractivity contribution in [2.75, 3.05) is 30.7 Å². The van der Waals surface area contributed by atoms with Crippen LogP contribution in [0.1, 0.15) is 72.0 Å². The fourth-order valence-electron chi connectivity index (χ4n) is 5.06. The largest absolute Gasteiger partial charge is 0.355 e. The van der Waals surface area contributed by atoms with Gasteiger partial charge in [0.25, 0.3) is 11.8 Å². The van der Waals surface area contributed by atoms with E-state index in [-0.39, 0.29) is 35.2 Å². The van der Waals surface area contributed by atoms with Crippen molar-refractivity contribution in [2.24, 2.45) is 0 Å². The SMILES string of the molecule is CCNC(=O)[C@H](CC)NC(=O)[C@H](C)NC[C@H](Cc1ccccc1)NC(=O)c1cc(C(=O)N[C@H](C)c2ccc(F)cc2)cc(N(C)S(C)(=O)=O)c1. The molecule has 4 amide bonds. The molecule has 0 saturated heterocycles. The molecule has 5 N–H and O–H groups in total. The van der Waals surface area contributed by atoms with Gasteiger partial charge in [-0.05, 0) is 75.1 Å². The quantitative estimate of drug-likeness (QED) is 0.144. The van der Waals surface area contributed by atoms with Crippen molar-refractivity contribution < 1.29 is 32.0 Å². The first kappa shape index (κ1) is 39.6. The van der Waals surface area contributed by atoms with Crippen LogP contribution in [0.25, 0.3) is 0 Å². The number of carbonyl (C=O) groups excluding carboxylic acids is 4. The van der Waals surface area contributed by atoms with Gasteiger partial charge >= 0.3 is 0 Å². The lowest BCUT2D eigenvalue weighted by Gasteiger charge is -2.24. The highest BCUT2D eigenvalue weighted by Gasteiger charge is 2.24. The summed E-state index contributed by atoms with van der Waals surface area (Å²) < 4.78 is 39.3. The molecule has 0 unspecified atom stereocenters. The molecule has 12 nitrogen and oxygen atoms in total. The zero-order chi connectivity index (χ0) is 37.0. The summed E-state index contributed by atoms with van der Waals surface area (Å²) >= 11 is 0. The second-order valence-corrected chi connectivity index (χ2v) is 14.1. The number of rotatable bonds is 17. The molecule has 0 bridgehead atoms. The number of hydrogen-bond donors (Lipinski definition) is 5.